The van der Waals surface area contributed by atoms with Crippen LogP contribution in [0.25, 0.3) is 78.4 Å². The quantitative estimate of drug-likeness (QED) is 0.178. The van der Waals surface area contributed by atoms with E-state index in [1.54, 1.807) is 0 Å². The normalized spacial score (nSPS) is 16.5. The Morgan fingerprint density at radius 2 is 0.871 bits per heavy atom. The van der Waals surface area contributed by atoms with E-state index in [2.05, 4.69) is 218 Å². The third-order valence-corrected chi connectivity index (χ3v) is 13.5. The Hall–Kier alpha value is -7.88. The Morgan fingerprint density at radius 3 is 1.55 bits per heavy atom. The van der Waals surface area contributed by atoms with Crippen LogP contribution in [0.1, 0.15) is 33.7 Å². The highest BCUT2D eigenvalue weighted by Crippen LogP contribution is 2.61. The zero-order valence-electron chi connectivity index (χ0n) is 33.7. The van der Waals surface area contributed by atoms with E-state index in [0.717, 1.165) is 33.8 Å². The average Bonchev–Trinajstić information content (AvgIpc) is 3.84. The summed E-state index contributed by atoms with van der Waals surface area (Å²) in [5.74, 6) is 1.80. The molecule has 0 amide bonds. The maximum absolute atomic E-state index is 6.35. The molecule has 0 fully saturated rings. The molecule has 62 heavy (non-hydrogen) atoms. The Kier molecular flexibility index (Phi) is 7.65. The second kappa shape index (κ2) is 13.6. The first-order valence-electron chi connectivity index (χ1n) is 21.5. The van der Waals surface area contributed by atoms with Gasteiger partial charge in [-0.05, 0) is 103 Å². The molecule has 0 N–H and O–H groups in total. The van der Waals surface area contributed by atoms with Crippen LogP contribution >= 0.6 is 0 Å². The SMILES string of the molecule is C1=CC2Oc3ccc(-c4cc(-c5ccc(-c6ccccc6)cc5)nc(-c5ccc6c(c5)-c5ccccc5C65c6ccccc6-c6ccccc6-c6ccccc65)n4)cc3C2C=C1. The van der Waals surface area contributed by atoms with Gasteiger partial charge in [0.15, 0.2) is 5.82 Å². The van der Waals surface area contributed by atoms with Gasteiger partial charge in [-0.1, -0.05) is 182 Å². The highest BCUT2D eigenvalue weighted by Gasteiger charge is 2.49. The molecule has 0 saturated carbocycles. The maximum atomic E-state index is 6.35. The van der Waals surface area contributed by atoms with E-state index in [9.17, 15) is 0 Å². The first-order valence-corrected chi connectivity index (χ1v) is 21.5. The topological polar surface area (TPSA) is 35.0 Å². The summed E-state index contributed by atoms with van der Waals surface area (Å²) in [5, 5.41) is 0. The zero-order chi connectivity index (χ0) is 40.8. The van der Waals surface area contributed by atoms with Gasteiger partial charge in [0.1, 0.15) is 11.9 Å². The third kappa shape index (κ3) is 5.12. The minimum atomic E-state index is -0.544. The van der Waals surface area contributed by atoms with Crippen LogP contribution in [0.4, 0.5) is 0 Å². The number of aromatic nitrogens is 2. The molecule has 1 aromatic heterocycles. The van der Waals surface area contributed by atoms with Crippen molar-refractivity contribution in [1.82, 2.24) is 9.97 Å². The molecule has 3 aliphatic carbocycles. The minimum absolute atomic E-state index is 0.0176. The molecule has 13 rings (SSSR count). The second-order valence-corrected chi connectivity index (χ2v) is 16.7. The van der Waals surface area contributed by atoms with E-state index in [1.807, 2.05) is 0 Å². The Bertz CT molecular complexity index is 3280. The van der Waals surface area contributed by atoms with E-state index in [-0.39, 0.29) is 12.0 Å². The van der Waals surface area contributed by atoms with Crippen molar-refractivity contribution >= 4 is 0 Å². The van der Waals surface area contributed by atoms with Crippen LogP contribution in [0.3, 0.4) is 0 Å². The summed E-state index contributed by atoms with van der Waals surface area (Å²) >= 11 is 0. The average molecular weight is 791 g/mol. The number of nitrogens with zero attached hydrogens (tertiary/aromatic N) is 2. The highest BCUT2D eigenvalue weighted by atomic mass is 16.5. The standard InChI is InChI=1S/C59H38N2O/c1-2-14-37(15-3-1)38-26-28-39(29-27-38)54-36-55(40-31-33-57-49(34-40)47-21-9-13-25-56(47)62-57)61-58(60-54)41-30-32-53-48(35-41)46-20-8-12-24-52(46)59(53)50-22-10-6-18-44(50)42-16-4-5-17-43(42)45-19-7-11-23-51(45)59/h1-36,47,56H. The number of hydrogen-bond acceptors (Lipinski definition) is 3. The van der Waals surface area contributed by atoms with Gasteiger partial charge in [-0.2, -0.15) is 0 Å². The molecule has 0 saturated heterocycles. The fourth-order valence-electron chi connectivity index (χ4n) is 10.7. The van der Waals surface area contributed by atoms with Gasteiger partial charge in [-0.25, -0.2) is 9.97 Å². The van der Waals surface area contributed by atoms with Gasteiger partial charge in [-0.15, -0.1) is 0 Å². The Morgan fingerprint density at radius 1 is 0.371 bits per heavy atom. The molecule has 1 aliphatic heterocycles. The second-order valence-electron chi connectivity index (χ2n) is 16.7. The van der Waals surface area contributed by atoms with Gasteiger partial charge in [0.2, 0.25) is 0 Å². The molecule has 9 aromatic rings. The van der Waals surface area contributed by atoms with Crippen molar-refractivity contribution in [2.45, 2.75) is 17.4 Å². The number of ether oxygens (including phenoxy) is 1. The van der Waals surface area contributed by atoms with Gasteiger partial charge in [-0.3, -0.25) is 0 Å². The van der Waals surface area contributed by atoms with Gasteiger partial charge in [0.05, 0.1) is 16.8 Å². The summed E-state index contributed by atoms with van der Waals surface area (Å²) in [6.07, 6.45) is 8.59. The van der Waals surface area contributed by atoms with Crippen LogP contribution in [-0.4, -0.2) is 16.1 Å². The molecule has 1 spiro atoms. The Labute approximate surface area is 361 Å². The molecular formula is C59H38N2O. The molecule has 3 heteroatoms. The molecule has 2 heterocycles. The summed E-state index contributed by atoms with van der Waals surface area (Å²) in [6.45, 7) is 0. The molecule has 290 valence electrons. The van der Waals surface area contributed by atoms with Crippen LogP contribution in [0, 0.1) is 0 Å². The summed E-state index contributed by atoms with van der Waals surface area (Å²) in [7, 11) is 0. The van der Waals surface area contributed by atoms with Crippen molar-refractivity contribution in [3.8, 4) is 84.2 Å². The zero-order valence-corrected chi connectivity index (χ0v) is 33.7. The number of rotatable bonds is 4. The first-order chi connectivity index (χ1) is 30.7. The predicted molar refractivity (Wildman–Crippen MR) is 251 cm³/mol. The van der Waals surface area contributed by atoms with Crippen molar-refractivity contribution < 1.29 is 4.74 Å². The Balaban J connectivity index is 1.01. The first kappa shape index (κ1) is 34.9. The van der Waals surface area contributed by atoms with Gasteiger partial charge in [0, 0.05) is 28.2 Å². The van der Waals surface area contributed by atoms with Crippen molar-refractivity contribution in [1.29, 1.82) is 0 Å². The van der Waals surface area contributed by atoms with Crippen LogP contribution in [-0.2, 0) is 5.41 Å². The molecule has 0 radical (unpaired) electrons. The van der Waals surface area contributed by atoms with E-state index in [0.29, 0.717) is 5.82 Å². The monoisotopic (exact) mass is 790 g/mol. The minimum Gasteiger partial charge on any atom is -0.485 e. The van der Waals surface area contributed by atoms with Crippen molar-refractivity contribution in [3.05, 3.63) is 246 Å². The number of benzene rings is 8. The smallest absolute Gasteiger partial charge is 0.160 e. The number of allylic oxidation sites excluding steroid dienone is 2. The van der Waals surface area contributed by atoms with E-state index >= 15 is 0 Å². The fourth-order valence-corrected chi connectivity index (χ4v) is 10.7. The molecule has 2 atom stereocenters. The van der Waals surface area contributed by atoms with Gasteiger partial charge in [0.25, 0.3) is 0 Å². The lowest BCUT2D eigenvalue weighted by molar-refractivity contribution is 0.269. The van der Waals surface area contributed by atoms with E-state index in [4.69, 9.17) is 14.7 Å². The summed E-state index contributed by atoms with van der Waals surface area (Å²) < 4.78 is 6.35. The highest BCUT2D eigenvalue weighted by molar-refractivity contribution is 5.97. The van der Waals surface area contributed by atoms with Crippen LogP contribution in [0.5, 0.6) is 5.75 Å². The summed E-state index contributed by atoms with van der Waals surface area (Å²) in [5.41, 5.74) is 20.4. The summed E-state index contributed by atoms with van der Waals surface area (Å²) in [6, 6.07) is 70.8. The molecule has 2 unspecified atom stereocenters. The molecule has 3 nitrogen and oxygen atoms in total. The van der Waals surface area contributed by atoms with Crippen LogP contribution < -0.4 is 4.74 Å². The lowest BCUT2D eigenvalue weighted by atomic mass is 9.66. The lowest BCUT2D eigenvalue weighted by Crippen LogP contribution is -2.29. The van der Waals surface area contributed by atoms with Crippen LogP contribution in [0.2, 0.25) is 0 Å². The maximum Gasteiger partial charge on any atom is 0.160 e. The van der Waals surface area contributed by atoms with E-state index in [1.165, 1.54) is 72.3 Å². The van der Waals surface area contributed by atoms with Crippen LogP contribution in [0.15, 0.2) is 218 Å². The fraction of sp³-hybridized carbons (Fsp3) is 0.0508. The lowest BCUT2D eigenvalue weighted by Gasteiger charge is -2.35. The van der Waals surface area contributed by atoms with Crippen molar-refractivity contribution in [2.24, 2.45) is 0 Å². The molecule has 4 aliphatic rings. The molecule has 0 bridgehead atoms. The number of fused-ring (bicyclic) bond motifs is 15. The third-order valence-electron chi connectivity index (χ3n) is 13.5. The largest absolute Gasteiger partial charge is 0.485 e. The van der Waals surface area contributed by atoms with Gasteiger partial charge < -0.3 is 4.74 Å². The molecular weight excluding hydrogens is 753 g/mol. The van der Waals surface area contributed by atoms with Crippen molar-refractivity contribution in [2.75, 3.05) is 0 Å². The van der Waals surface area contributed by atoms with E-state index < -0.39 is 5.41 Å². The van der Waals surface area contributed by atoms with Gasteiger partial charge >= 0.3 is 0 Å². The molecule has 8 aromatic carbocycles. The predicted octanol–water partition coefficient (Wildman–Crippen LogP) is 14.1. The summed E-state index contributed by atoms with van der Waals surface area (Å²) in [4.78, 5) is 10.8. The van der Waals surface area contributed by atoms with Crippen molar-refractivity contribution in [3.63, 3.8) is 0 Å². The number of hydrogen-bond donors (Lipinski definition) is 0.